The van der Waals surface area contributed by atoms with E-state index >= 15 is 0 Å². The molecule has 0 unspecified atom stereocenters. The molecule has 0 radical (unpaired) electrons. The molecule has 0 saturated carbocycles. The van der Waals surface area contributed by atoms with Gasteiger partial charge in [0.1, 0.15) is 0 Å². The van der Waals surface area contributed by atoms with Crippen molar-refractivity contribution in [2.24, 2.45) is 0 Å². The van der Waals surface area contributed by atoms with Crippen molar-refractivity contribution in [2.75, 3.05) is 13.1 Å². The summed E-state index contributed by atoms with van der Waals surface area (Å²) < 4.78 is 34.1. The van der Waals surface area contributed by atoms with E-state index in [1.54, 1.807) is 10.9 Å². The predicted octanol–water partition coefficient (Wildman–Crippen LogP) is 1.33. The summed E-state index contributed by atoms with van der Waals surface area (Å²) in [5, 5.41) is 4.17. The molecule has 1 saturated heterocycles. The lowest BCUT2D eigenvalue weighted by molar-refractivity contribution is 0.191. The van der Waals surface area contributed by atoms with Crippen LogP contribution in [0.2, 0.25) is 0 Å². The van der Waals surface area contributed by atoms with Gasteiger partial charge in [-0.3, -0.25) is 9.67 Å². The summed E-state index contributed by atoms with van der Waals surface area (Å²) in [5.41, 5.74) is 0.695. The molecular weight excluding hydrogens is 388 g/mol. The number of hydrogen-bond acceptors (Lipinski definition) is 5. The summed E-state index contributed by atoms with van der Waals surface area (Å²) >= 11 is 3.32. The van der Waals surface area contributed by atoms with Crippen LogP contribution in [-0.2, 0) is 10.0 Å². The predicted molar refractivity (Wildman–Crippen MR) is 84.6 cm³/mol. The second kappa shape index (κ2) is 5.05. The summed E-state index contributed by atoms with van der Waals surface area (Å²) in [7, 11) is -3.60. The number of fused-ring (bicyclic) bond motifs is 1. The highest BCUT2D eigenvalue weighted by atomic mass is 79.9. The van der Waals surface area contributed by atoms with E-state index in [0.717, 1.165) is 4.47 Å². The second-order valence-electron chi connectivity index (χ2n) is 5.29. The summed E-state index contributed by atoms with van der Waals surface area (Å²) in [4.78, 5) is 13.7. The van der Waals surface area contributed by atoms with Gasteiger partial charge in [-0.1, -0.05) is 0 Å². The standard InChI is InChI=1S/C13H11BrN4O4S/c14-8-4-15-18(5-8)9-6-17(7-9)23(20,21)10-1-2-12-11(3-10)16-13(19)22-12/h1-5,9H,6-7H2,(H,16,19). The van der Waals surface area contributed by atoms with Gasteiger partial charge in [0.15, 0.2) is 5.58 Å². The molecule has 3 heterocycles. The Morgan fingerprint density at radius 1 is 1.35 bits per heavy atom. The first-order valence-electron chi connectivity index (χ1n) is 6.76. The maximum Gasteiger partial charge on any atom is 0.417 e. The van der Waals surface area contributed by atoms with Crippen LogP contribution < -0.4 is 5.76 Å². The molecule has 0 aliphatic carbocycles. The van der Waals surface area contributed by atoms with E-state index in [0.29, 0.717) is 24.2 Å². The van der Waals surface area contributed by atoms with Crippen LogP contribution in [0.4, 0.5) is 0 Å². The Kier molecular flexibility index (Phi) is 3.22. The van der Waals surface area contributed by atoms with Crippen LogP contribution >= 0.6 is 15.9 Å². The third kappa shape index (κ3) is 2.42. The zero-order valence-corrected chi connectivity index (χ0v) is 14.0. The van der Waals surface area contributed by atoms with E-state index in [-0.39, 0.29) is 10.9 Å². The number of aromatic nitrogens is 3. The number of nitrogens with one attached hydrogen (secondary N) is 1. The van der Waals surface area contributed by atoms with Gasteiger partial charge in [-0.05, 0) is 34.1 Å². The van der Waals surface area contributed by atoms with Gasteiger partial charge in [0.2, 0.25) is 10.0 Å². The molecule has 3 aromatic rings. The number of H-pyrrole nitrogens is 1. The fourth-order valence-corrected chi connectivity index (χ4v) is 4.38. The highest BCUT2D eigenvalue weighted by Crippen LogP contribution is 2.29. The number of nitrogens with zero attached hydrogens (tertiary/aromatic N) is 3. The van der Waals surface area contributed by atoms with Gasteiger partial charge in [-0.15, -0.1) is 0 Å². The van der Waals surface area contributed by atoms with Crippen LogP contribution in [0.3, 0.4) is 0 Å². The van der Waals surface area contributed by atoms with E-state index in [1.807, 2.05) is 6.20 Å². The molecule has 0 spiro atoms. The van der Waals surface area contributed by atoms with Crippen molar-refractivity contribution in [3.05, 3.63) is 45.6 Å². The van der Waals surface area contributed by atoms with Crippen molar-refractivity contribution < 1.29 is 12.8 Å². The lowest BCUT2D eigenvalue weighted by Crippen LogP contribution is -2.50. The minimum Gasteiger partial charge on any atom is -0.408 e. The lowest BCUT2D eigenvalue weighted by atomic mass is 10.2. The Morgan fingerprint density at radius 3 is 2.83 bits per heavy atom. The third-order valence-corrected chi connectivity index (χ3v) is 6.04. The third-order valence-electron chi connectivity index (χ3n) is 3.80. The number of hydrogen-bond donors (Lipinski definition) is 1. The minimum absolute atomic E-state index is 0.0218. The van der Waals surface area contributed by atoms with Gasteiger partial charge in [-0.25, -0.2) is 13.2 Å². The Labute approximate surface area is 138 Å². The Morgan fingerprint density at radius 2 is 2.13 bits per heavy atom. The van der Waals surface area contributed by atoms with Crippen LogP contribution in [0.5, 0.6) is 0 Å². The minimum atomic E-state index is -3.60. The van der Waals surface area contributed by atoms with Crippen molar-refractivity contribution in [3.63, 3.8) is 0 Å². The average molecular weight is 399 g/mol. The van der Waals surface area contributed by atoms with Gasteiger partial charge in [0.25, 0.3) is 0 Å². The van der Waals surface area contributed by atoms with Crippen LogP contribution in [0.15, 0.2) is 49.2 Å². The molecule has 1 fully saturated rings. The van der Waals surface area contributed by atoms with E-state index in [2.05, 4.69) is 26.0 Å². The molecule has 10 heteroatoms. The smallest absolute Gasteiger partial charge is 0.408 e. The van der Waals surface area contributed by atoms with Crippen molar-refractivity contribution in [2.45, 2.75) is 10.9 Å². The highest BCUT2D eigenvalue weighted by Gasteiger charge is 2.38. The summed E-state index contributed by atoms with van der Waals surface area (Å²) in [6.45, 7) is 0.715. The maximum atomic E-state index is 12.6. The number of oxazole rings is 1. The fraction of sp³-hybridized carbons (Fsp3) is 0.231. The molecule has 1 N–H and O–H groups in total. The SMILES string of the molecule is O=c1[nH]c2cc(S(=O)(=O)N3CC(n4cc(Br)cn4)C3)ccc2o1. The molecular formula is C13H11BrN4O4S. The van der Waals surface area contributed by atoms with Gasteiger partial charge < -0.3 is 4.42 Å². The van der Waals surface area contributed by atoms with Crippen LogP contribution in [0.25, 0.3) is 11.1 Å². The van der Waals surface area contributed by atoms with E-state index in [9.17, 15) is 13.2 Å². The van der Waals surface area contributed by atoms with Crippen LogP contribution in [0, 0.1) is 0 Å². The number of sulfonamides is 1. The van der Waals surface area contributed by atoms with E-state index in [4.69, 9.17) is 4.42 Å². The van der Waals surface area contributed by atoms with Crippen molar-refractivity contribution in [1.82, 2.24) is 19.1 Å². The zero-order valence-electron chi connectivity index (χ0n) is 11.6. The van der Waals surface area contributed by atoms with Gasteiger partial charge >= 0.3 is 5.76 Å². The quantitative estimate of drug-likeness (QED) is 0.716. The molecule has 8 nitrogen and oxygen atoms in total. The zero-order chi connectivity index (χ0) is 16.2. The summed E-state index contributed by atoms with van der Waals surface area (Å²) in [5.74, 6) is -0.608. The molecule has 120 valence electrons. The number of benzene rings is 1. The Balaban J connectivity index is 1.59. The molecule has 2 aromatic heterocycles. The molecule has 4 rings (SSSR count). The first kappa shape index (κ1) is 14.7. The monoisotopic (exact) mass is 398 g/mol. The molecule has 1 aliphatic heterocycles. The topological polar surface area (TPSA) is 101 Å². The molecule has 0 atom stereocenters. The van der Waals surface area contributed by atoms with Crippen LogP contribution in [0.1, 0.15) is 6.04 Å². The average Bonchev–Trinajstić information content (AvgIpc) is 3.00. The Bertz CT molecular complexity index is 1050. The molecule has 0 bridgehead atoms. The maximum absolute atomic E-state index is 12.6. The first-order valence-corrected chi connectivity index (χ1v) is 8.99. The first-order chi connectivity index (χ1) is 10.9. The normalized spacial score (nSPS) is 16.7. The second-order valence-corrected chi connectivity index (χ2v) is 8.14. The molecule has 1 aliphatic rings. The van der Waals surface area contributed by atoms with Crippen molar-refractivity contribution in [1.29, 1.82) is 0 Å². The van der Waals surface area contributed by atoms with Crippen LogP contribution in [-0.4, -0.2) is 40.6 Å². The Hall–Kier alpha value is -1.91. The van der Waals surface area contributed by atoms with E-state index in [1.165, 1.54) is 22.5 Å². The number of halogens is 1. The fourth-order valence-electron chi connectivity index (χ4n) is 2.54. The number of rotatable bonds is 3. The lowest BCUT2D eigenvalue weighted by Gasteiger charge is -2.37. The summed E-state index contributed by atoms with van der Waals surface area (Å²) in [6.07, 6.45) is 3.48. The molecule has 0 amide bonds. The number of aromatic amines is 1. The molecule has 23 heavy (non-hydrogen) atoms. The largest absolute Gasteiger partial charge is 0.417 e. The van der Waals surface area contributed by atoms with Crippen molar-refractivity contribution >= 4 is 37.1 Å². The van der Waals surface area contributed by atoms with Gasteiger partial charge in [0.05, 0.1) is 27.1 Å². The van der Waals surface area contributed by atoms with Gasteiger partial charge in [-0.2, -0.15) is 9.40 Å². The summed E-state index contributed by atoms with van der Waals surface area (Å²) in [6, 6.07) is 4.34. The molecule has 1 aromatic carbocycles. The highest BCUT2D eigenvalue weighted by molar-refractivity contribution is 9.10. The van der Waals surface area contributed by atoms with Crippen molar-refractivity contribution in [3.8, 4) is 0 Å². The van der Waals surface area contributed by atoms with Gasteiger partial charge in [0, 0.05) is 19.3 Å². The van der Waals surface area contributed by atoms with E-state index < -0.39 is 15.8 Å².